The molecule has 0 saturated carbocycles. The van der Waals surface area contributed by atoms with Gasteiger partial charge in [-0.25, -0.2) is 4.98 Å². The van der Waals surface area contributed by atoms with Crippen LogP contribution < -0.4 is 10.1 Å². The summed E-state index contributed by atoms with van der Waals surface area (Å²) >= 11 is 1.21. The summed E-state index contributed by atoms with van der Waals surface area (Å²) in [5, 5.41) is 4.67. The van der Waals surface area contributed by atoms with Gasteiger partial charge in [-0.15, -0.1) is 11.3 Å². The molecule has 0 aliphatic heterocycles. The van der Waals surface area contributed by atoms with Crippen molar-refractivity contribution in [2.75, 3.05) is 12.4 Å². The summed E-state index contributed by atoms with van der Waals surface area (Å²) in [5.74, 6) is -0.363. The zero-order chi connectivity index (χ0) is 20.8. The van der Waals surface area contributed by atoms with Crippen molar-refractivity contribution < 1.29 is 27.5 Å². The second-order valence-corrected chi connectivity index (χ2v) is 6.88. The number of hydrogen-bond donors (Lipinski definition) is 1. The van der Waals surface area contributed by atoms with E-state index in [2.05, 4.69) is 15.0 Å². The summed E-state index contributed by atoms with van der Waals surface area (Å²) in [4.78, 5) is 30.1. The first-order valence-electron chi connectivity index (χ1n) is 8.47. The molecule has 2 amide bonds. The predicted molar refractivity (Wildman–Crippen MR) is 102 cm³/mol. The fourth-order valence-corrected chi connectivity index (χ4v) is 3.15. The van der Waals surface area contributed by atoms with E-state index in [1.165, 1.54) is 40.7 Å². The van der Waals surface area contributed by atoms with Gasteiger partial charge in [0.15, 0.2) is 10.9 Å². The molecule has 1 N–H and O–H groups in total. The lowest BCUT2D eigenvalue weighted by molar-refractivity contribution is -0.129. The maximum Gasteiger partial charge on any atom is 0.387 e. The van der Waals surface area contributed by atoms with E-state index in [9.17, 15) is 18.4 Å². The van der Waals surface area contributed by atoms with Gasteiger partial charge in [0.05, 0.1) is 18.4 Å². The molecule has 7 nitrogen and oxygen atoms in total. The van der Waals surface area contributed by atoms with Gasteiger partial charge in [0.25, 0.3) is 5.91 Å². The lowest BCUT2D eigenvalue weighted by Crippen LogP contribution is -2.27. The SMILES string of the molecule is CN(Cc1ccc(OC(F)F)cc1)C(=O)Cc1csc(NC(=O)c2ccco2)n1. The van der Waals surface area contributed by atoms with Crippen LogP contribution in [-0.4, -0.2) is 35.4 Å². The minimum Gasteiger partial charge on any atom is -0.459 e. The fourth-order valence-electron chi connectivity index (χ4n) is 2.44. The highest BCUT2D eigenvalue weighted by Crippen LogP contribution is 2.19. The zero-order valence-electron chi connectivity index (χ0n) is 15.3. The van der Waals surface area contributed by atoms with Crippen LogP contribution in [0.3, 0.4) is 0 Å². The van der Waals surface area contributed by atoms with Gasteiger partial charge in [0.2, 0.25) is 5.91 Å². The van der Waals surface area contributed by atoms with Crippen LogP contribution in [0.1, 0.15) is 21.8 Å². The van der Waals surface area contributed by atoms with E-state index < -0.39 is 12.5 Å². The van der Waals surface area contributed by atoms with Crippen molar-refractivity contribution in [2.45, 2.75) is 19.6 Å². The number of nitrogens with zero attached hydrogens (tertiary/aromatic N) is 2. The van der Waals surface area contributed by atoms with Crippen molar-refractivity contribution in [1.82, 2.24) is 9.88 Å². The number of carbonyl (C=O) groups excluding carboxylic acids is 2. The quantitative estimate of drug-likeness (QED) is 0.598. The monoisotopic (exact) mass is 421 g/mol. The molecule has 10 heteroatoms. The van der Waals surface area contributed by atoms with E-state index in [0.717, 1.165) is 5.56 Å². The number of thiazole rings is 1. The smallest absolute Gasteiger partial charge is 0.387 e. The maximum absolute atomic E-state index is 12.4. The van der Waals surface area contributed by atoms with Crippen LogP contribution in [0.15, 0.2) is 52.5 Å². The first-order valence-corrected chi connectivity index (χ1v) is 9.35. The van der Waals surface area contributed by atoms with Crippen molar-refractivity contribution in [3.8, 4) is 5.75 Å². The molecular weight excluding hydrogens is 404 g/mol. The highest BCUT2D eigenvalue weighted by Gasteiger charge is 2.15. The molecule has 0 unspecified atom stereocenters. The molecule has 0 fully saturated rings. The number of likely N-dealkylation sites (N-methyl/N-ethyl adjacent to an activating group) is 1. The van der Waals surface area contributed by atoms with Crippen LogP contribution in [0.5, 0.6) is 5.75 Å². The molecule has 0 saturated heterocycles. The predicted octanol–water partition coefficient (Wildman–Crippen LogP) is 3.79. The Labute approximate surface area is 168 Å². The first-order chi connectivity index (χ1) is 13.9. The zero-order valence-corrected chi connectivity index (χ0v) is 16.1. The number of anilines is 1. The third-order valence-corrected chi connectivity index (χ3v) is 4.65. The number of furan rings is 1. The van der Waals surface area contributed by atoms with Crippen LogP contribution in [0, 0.1) is 0 Å². The highest BCUT2D eigenvalue weighted by atomic mass is 32.1. The summed E-state index contributed by atoms with van der Waals surface area (Å²) in [6, 6.07) is 9.23. The van der Waals surface area contributed by atoms with E-state index in [1.54, 1.807) is 30.6 Å². The van der Waals surface area contributed by atoms with E-state index in [0.29, 0.717) is 17.4 Å². The first kappa shape index (κ1) is 20.5. The molecule has 0 bridgehead atoms. The van der Waals surface area contributed by atoms with Gasteiger partial charge in [0, 0.05) is 19.0 Å². The van der Waals surface area contributed by atoms with Crippen LogP contribution in [0.2, 0.25) is 0 Å². The average Bonchev–Trinajstić information content (AvgIpc) is 3.35. The fraction of sp³-hybridized carbons (Fsp3) is 0.211. The van der Waals surface area contributed by atoms with Crippen molar-refractivity contribution in [2.24, 2.45) is 0 Å². The minimum absolute atomic E-state index is 0.0596. The van der Waals surface area contributed by atoms with Gasteiger partial charge in [-0.05, 0) is 29.8 Å². The largest absolute Gasteiger partial charge is 0.459 e. The maximum atomic E-state index is 12.4. The minimum atomic E-state index is -2.88. The molecule has 152 valence electrons. The summed E-state index contributed by atoms with van der Waals surface area (Å²) in [6.07, 6.45) is 1.46. The lowest BCUT2D eigenvalue weighted by Gasteiger charge is -2.17. The number of alkyl halides is 2. The van der Waals surface area contributed by atoms with E-state index in [4.69, 9.17) is 4.42 Å². The molecular formula is C19H17F2N3O4S. The number of amides is 2. The van der Waals surface area contributed by atoms with Crippen molar-refractivity contribution >= 4 is 28.3 Å². The summed E-state index contributed by atoms with van der Waals surface area (Å²) < 4.78 is 33.7. The Hall–Kier alpha value is -3.27. The molecule has 1 aromatic carbocycles. The van der Waals surface area contributed by atoms with Gasteiger partial charge in [-0.3, -0.25) is 14.9 Å². The van der Waals surface area contributed by atoms with Crippen LogP contribution >= 0.6 is 11.3 Å². The Bertz CT molecular complexity index is 958. The van der Waals surface area contributed by atoms with Crippen LogP contribution in [-0.2, 0) is 17.8 Å². The number of aromatic nitrogens is 1. The Morgan fingerprint density at radius 3 is 2.69 bits per heavy atom. The molecule has 0 spiro atoms. The molecule has 3 aromatic rings. The normalized spacial score (nSPS) is 10.8. The molecule has 0 aliphatic carbocycles. The third-order valence-electron chi connectivity index (χ3n) is 3.84. The number of halogens is 2. The number of nitrogens with one attached hydrogen (secondary N) is 1. The van der Waals surface area contributed by atoms with Crippen LogP contribution in [0.25, 0.3) is 0 Å². The van der Waals surface area contributed by atoms with Crippen molar-refractivity contribution in [3.05, 3.63) is 65.1 Å². The standard InChI is InChI=1S/C19H17F2N3O4S/c1-24(10-12-4-6-14(7-5-12)28-18(20)21)16(25)9-13-11-29-19(22-13)23-17(26)15-3-2-8-27-15/h2-8,11,18H,9-10H2,1H3,(H,22,23,26). The lowest BCUT2D eigenvalue weighted by atomic mass is 10.2. The van der Waals surface area contributed by atoms with Crippen molar-refractivity contribution in [3.63, 3.8) is 0 Å². The van der Waals surface area contributed by atoms with Crippen LogP contribution in [0.4, 0.5) is 13.9 Å². The number of rotatable bonds is 8. The second kappa shape index (κ2) is 9.28. The summed E-state index contributed by atoms with van der Waals surface area (Å²) in [7, 11) is 1.64. The van der Waals surface area contributed by atoms with Gasteiger partial charge in [0.1, 0.15) is 5.75 Å². The topological polar surface area (TPSA) is 84.7 Å². The second-order valence-electron chi connectivity index (χ2n) is 6.02. The number of benzene rings is 1. The Morgan fingerprint density at radius 1 is 1.28 bits per heavy atom. The van der Waals surface area contributed by atoms with Crippen molar-refractivity contribution in [1.29, 1.82) is 0 Å². The third kappa shape index (κ3) is 5.85. The molecule has 3 rings (SSSR count). The molecule has 0 radical (unpaired) electrons. The van der Waals surface area contributed by atoms with Gasteiger partial charge >= 0.3 is 6.61 Å². The molecule has 2 aromatic heterocycles. The number of ether oxygens (including phenoxy) is 1. The molecule has 0 aliphatic rings. The molecule has 0 atom stereocenters. The van der Waals surface area contributed by atoms with Gasteiger partial charge < -0.3 is 14.1 Å². The average molecular weight is 421 g/mol. The van der Waals surface area contributed by atoms with Gasteiger partial charge in [-0.2, -0.15) is 8.78 Å². The Balaban J connectivity index is 1.52. The molecule has 29 heavy (non-hydrogen) atoms. The van der Waals surface area contributed by atoms with E-state index >= 15 is 0 Å². The number of carbonyl (C=O) groups is 2. The number of hydrogen-bond acceptors (Lipinski definition) is 6. The summed E-state index contributed by atoms with van der Waals surface area (Å²) in [5.41, 5.74) is 1.30. The molecule has 2 heterocycles. The van der Waals surface area contributed by atoms with E-state index in [1.807, 2.05) is 0 Å². The van der Waals surface area contributed by atoms with E-state index in [-0.39, 0.29) is 23.8 Å². The Kier molecular flexibility index (Phi) is 6.55. The van der Waals surface area contributed by atoms with Gasteiger partial charge in [-0.1, -0.05) is 12.1 Å². The summed E-state index contributed by atoms with van der Waals surface area (Å²) in [6.45, 7) is -2.57. The highest BCUT2D eigenvalue weighted by molar-refractivity contribution is 7.14. The Morgan fingerprint density at radius 2 is 2.03 bits per heavy atom.